The average Bonchev–Trinajstić information content (AvgIpc) is 2.46. The number of nitrogens with zero attached hydrogens (tertiary/aromatic N) is 2. The van der Waals surface area contributed by atoms with Crippen molar-refractivity contribution in [3.63, 3.8) is 0 Å². The zero-order valence-electron chi connectivity index (χ0n) is 12.0. The zero-order chi connectivity index (χ0) is 14.5. The van der Waals surface area contributed by atoms with Crippen LogP contribution in [0.3, 0.4) is 0 Å². The lowest BCUT2D eigenvalue weighted by molar-refractivity contribution is -0.896. The summed E-state index contributed by atoms with van der Waals surface area (Å²) in [5.74, 6) is 0. The van der Waals surface area contributed by atoms with Gasteiger partial charge in [0.2, 0.25) is 0 Å². The van der Waals surface area contributed by atoms with E-state index in [-0.39, 0.29) is 5.56 Å². The summed E-state index contributed by atoms with van der Waals surface area (Å²) in [5.41, 5.74) is 0.513. The Bertz CT molecular complexity index is 687. The van der Waals surface area contributed by atoms with Crippen LogP contribution in [-0.4, -0.2) is 34.2 Å². The van der Waals surface area contributed by atoms with E-state index in [1.165, 1.54) is 4.90 Å². The fourth-order valence-electron chi connectivity index (χ4n) is 2.38. The average molecular weight is 293 g/mol. The minimum absolute atomic E-state index is 0.0496. The number of aromatic amines is 1. The van der Waals surface area contributed by atoms with Crippen LogP contribution in [0.1, 0.15) is 20.3 Å². The highest BCUT2D eigenvalue weighted by atomic mass is 32.1. The summed E-state index contributed by atoms with van der Waals surface area (Å²) in [7, 11) is 0. The first-order valence-corrected chi connectivity index (χ1v) is 7.49. The maximum Gasteiger partial charge on any atom is 0.263 e. The van der Waals surface area contributed by atoms with E-state index in [1.54, 1.807) is 22.9 Å². The van der Waals surface area contributed by atoms with Crippen LogP contribution >= 0.6 is 12.2 Å². The number of H-pyrrole nitrogens is 1. The van der Waals surface area contributed by atoms with Crippen LogP contribution in [0.5, 0.6) is 0 Å². The molecule has 108 valence electrons. The summed E-state index contributed by atoms with van der Waals surface area (Å²) in [4.78, 5) is 21.1. The molecular weight excluding hydrogens is 272 g/mol. The highest BCUT2D eigenvalue weighted by molar-refractivity contribution is 7.71. The summed E-state index contributed by atoms with van der Waals surface area (Å²) < 4.78 is 2.10. The normalized spacial score (nSPS) is 11.3. The third kappa shape index (κ3) is 3.13. The van der Waals surface area contributed by atoms with E-state index >= 15 is 0 Å². The monoisotopic (exact) mass is 293 g/mol. The van der Waals surface area contributed by atoms with Crippen molar-refractivity contribution in [2.24, 2.45) is 0 Å². The molecule has 0 aromatic carbocycles. The van der Waals surface area contributed by atoms with Gasteiger partial charge in [0.1, 0.15) is 5.65 Å². The fraction of sp³-hybridized carbons (Fsp3) is 0.500. The van der Waals surface area contributed by atoms with Gasteiger partial charge in [-0.1, -0.05) is 0 Å². The van der Waals surface area contributed by atoms with Gasteiger partial charge in [0, 0.05) is 19.2 Å². The Morgan fingerprint density at radius 2 is 2.15 bits per heavy atom. The van der Waals surface area contributed by atoms with Gasteiger partial charge in [0.05, 0.1) is 25.0 Å². The largest absolute Gasteiger partial charge is 0.335 e. The summed E-state index contributed by atoms with van der Waals surface area (Å²) >= 11 is 5.26. The molecule has 0 fully saturated rings. The molecule has 0 atom stereocenters. The molecular formula is C14H21N4OS+. The molecule has 2 heterocycles. The van der Waals surface area contributed by atoms with Crippen LogP contribution in [-0.2, 0) is 6.54 Å². The first kappa shape index (κ1) is 14.9. The van der Waals surface area contributed by atoms with E-state index in [0.29, 0.717) is 22.3 Å². The second-order valence-electron chi connectivity index (χ2n) is 4.85. The molecule has 2 aromatic rings. The standard InChI is InChI=1S/C14H20N4OS/c1-3-17(4-2)9-6-10-18-13(19)11-7-5-8-15-12(11)16-14(18)20/h5,7-8H,3-4,6,9-10H2,1-2H3,(H,15,16,20)/p+1. The van der Waals surface area contributed by atoms with Gasteiger partial charge >= 0.3 is 0 Å². The number of nitrogens with one attached hydrogen (secondary N) is 2. The van der Waals surface area contributed by atoms with Gasteiger partial charge in [-0.2, -0.15) is 0 Å². The van der Waals surface area contributed by atoms with Crippen molar-refractivity contribution in [1.29, 1.82) is 0 Å². The number of aromatic nitrogens is 3. The fourth-order valence-corrected chi connectivity index (χ4v) is 2.65. The van der Waals surface area contributed by atoms with Gasteiger partial charge in [-0.3, -0.25) is 9.36 Å². The Morgan fingerprint density at radius 3 is 2.85 bits per heavy atom. The maximum atomic E-state index is 12.4. The van der Waals surface area contributed by atoms with Crippen molar-refractivity contribution in [1.82, 2.24) is 14.5 Å². The zero-order valence-corrected chi connectivity index (χ0v) is 12.8. The number of hydrogen-bond acceptors (Lipinski definition) is 3. The van der Waals surface area contributed by atoms with Crippen molar-refractivity contribution < 1.29 is 4.90 Å². The molecule has 0 unspecified atom stereocenters. The summed E-state index contributed by atoms with van der Waals surface area (Å²) in [6.45, 7) is 8.29. The molecule has 0 aliphatic carbocycles. The lowest BCUT2D eigenvalue weighted by atomic mass is 10.3. The molecule has 0 amide bonds. The Kier molecular flexibility index (Phi) is 5.03. The van der Waals surface area contributed by atoms with Gasteiger partial charge in [-0.15, -0.1) is 0 Å². The number of hydrogen-bond donors (Lipinski definition) is 2. The lowest BCUT2D eigenvalue weighted by Gasteiger charge is -2.15. The molecule has 2 N–H and O–H groups in total. The quantitative estimate of drug-likeness (QED) is 0.774. The summed E-state index contributed by atoms with van der Waals surface area (Å²) in [5, 5.41) is 0.594. The predicted octanol–water partition coefficient (Wildman–Crippen LogP) is 0.769. The second-order valence-corrected chi connectivity index (χ2v) is 5.23. The van der Waals surface area contributed by atoms with E-state index in [9.17, 15) is 4.79 Å². The van der Waals surface area contributed by atoms with Crippen LogP contribution in [0.2, 0.25) is 0 Å². The molecule has 0 aliphatic rings. The Labute approximate surface area is 123 Å². The van der Waals surface area contributed by atoms with E-state index in [1.807, 2.05) is 0 Å². The smallest absolute Gasteiger partial charge is 0.263 e. The highest BCUT2D eigenvalue weighted by Crippen LogP contribution is 2.02. The Balaban J connectivity index is 2.22. The van der Waals surface area contributed by atoms with Crippen molar-refractivity contribution in [2.75, 3.05) is 19.6 Å². The molecule has 6 heteroatoms. The molecule has 0 bridgehead atoms. The summed E-state index contributed by atoms with van der Waals surface area (Å²) in [6, 6.07) is 3.55. The van der Waals surface area contributed by atoms with E-state index in [0.717, 1.165) is 26.1 Å². The first-order valence-electron chi connectivity index (χ1n) is 7.08. The van der Waals surface area contributed by atoms with Crippen molar-refractivity contribution in [3.8, 4) is 0 Å². The molecule has 0 spiro atoms. The molecule has 5 nitrogen and oxygen atoms in total. The van der Waals surface area contributed by atoms with E-state index in [2.05, 4.69) is 23.8 Å². The number of pyridine rings is 1. The van der Waals surface area contributed by atoms with Crippen LogP contribution < -0.4 is 10.5 Å². The molecule has 2 aromatic heterocycles. The Hall–Kier alpha value is -1.53. The van der Waals surface area contributed by atoms with Crippen LogP contribution in [0.4, 0.5) is 0 Å². The topological polar surface area (TPSA) is 55.1 Å². The Morgan fingerprint density at radius 1 is 1.40 bits per heavy atom. The predicted molar refractivity (Wildman–Crippen MR) is 82.7 cm³/mol. The van der Waals surface area contributed by atoms with E-state index in [4.69, 9.17) is 12.2 Å². The van der Waals surface area contributed by atoms with Crippen LogP contribution in [0.15, 0.2) is 23.1 Å². The number of quaternary nitrogens is 1. The van der Waals surface area contributed by atoms with Gasteiger partial charge < -0.3 is 9.88 Å². The van der Waals surface area contributed by atoms with Gasteiger partial charge in [0.25, 0.3) is 5.56 Å². The number of fused-ring (bicyclic) bond motifs is 1. The second kappa shape index (κ2) is 6.76. The summed E-state index contributed by atoms with van der Waals surface area (Å²) in [6.07, 6.45) is 2.60. The highest BCUT2D eigenvalue weighted by Gasteiger charge is 2.07. The van der Waals surface area contributed by atoms with Gasteiger partial charge in [-0.25, -0.2) is 4.98 Å². The number of rotatable bonds is 6. The van der Waals surface area contributed by atoms with Gasteiger partial charge in [-0.05, 0) is 38.2 Å². The molecule has 0 radical (unpaired) electrons. The molecule has 0 saturated carbocycles. The van der Waals surface area contributed by atoms with Crippen molar-refractivity contribution in [2.45, 2.75) is 26.8 Å². The minimum Gasteiger partial charge on any atom is -0.335 e. The molecule has 0 aliphatic heterocycles. The molecule has 2 rings (SSSR count). The van der Waals surface area contributed by atoms with Crippen LogP contribution in [0.25, 0.3) is 11.0 Å². The third-order valence-electron chi connectivity index (χ3n) is 3.67. The SMILES string of the molecule is CC[NH+](CC)CCCn1c(=S)[nH]c2ncccc2c1=O. The molecule has 0 saturated heterocycles. The third-order valence-corrected chi connectivity index (χ3v) is 3.99. The molecule has 20 heavy (non-hydrogen) atoms. The maximum absolute atomic E-state index is 12.4. The lowest BCUT2D eigenvalue weighted by Crippen LogP contribution is -3.11. The van der Waals surface area contributed by atoms with Gasteiger partial charge in [0.15, 0.2) is 4.77 Å². The van der Waals surface area contributed by atoms with E-state index < -0.39 is 0 Å². The van der Waals surface area contributed by atoms with Crippen molar-refractivity contribution >= 4 is 23.3 Å². The van der Waals surface area contributed by atoms with Crippen LogP contribution in [0, 0.1) is 4.77 Å². The first-order chi connectivity index (χ1) is 9.67. The minimum atomic E-state index is -0.0496. The van der Waals surface area contributed by atoms with Crippen molar-refractivity contribution in [3.05, 3.63) is 33.5 Å².